The predicted molar refractivity (Wildman–Crippen MR) is 135 cm³/mol. The van der Waals surface area contributed by atoms with E-state index < -0.39 is 0 Å². The third-order valence-corrected chi connectivity index (χ3v) is 7.85. The molecular formula is C29H27ClN2O2. The minimum atomic E-state index is -0.285. The molecule has 0 saturated heterocycles. The molecule has 6 rings (SSSR count). The van der Waals surface area contributed by atoms with E-state index in [0.717, 1.165) is 75.3 Å². The Labute approximate surface area is 204 Å². The molecule has 0 fully saturated rings. The summed E-state index contributed by atoms with van der Waals surface area (Å²) in [7, 11) is 2.04. The molecule has 0 spiro atoms. The predicted octanol–water partition coefficient (Wildman–Crippen LogP) is 6.39. The lowest BCUT2D eigenvalue weighted by Gasteiger charge is -2.42. The van der Waals surface area contributed by atoms with Crippen LogP contribution in [0.25, 0.3) is 10.9 Å². The van der Waals surface area contributed by atoms with Gasteiger partial charge in [-0.15, -0.1) is 0 Å². The molecule has 0 radical (unpaired) electrons. The largest absolute Gasteiger partial charge is 0.351 e. The first-order valence-corrected chi connectivity index (χ1v) is 12.5. The van der Waals surface area contributed by atoms with Crippen molar-refractivity contribution >= 4 is 34.1 Å². The number of carbonyl (C=O) groups is 2. The maximum atomic E-state index is 13.4. The quantitative estimate of drug-likeness (QED) is 0.445. The first kappa shape index (κ1) is 21.4. The standard InChI is InChI=1S/C29H27ClN2O2/c1-31-23-11-5-13-25(33)28(23)27(29-24(31)12-6-14-26(29)34)21-17-32(22-10-3-2-9-20(21)22)16-18-7-4-8-19(30)15-18/h2-4,7-10,15,17,27H,5-6,11-14,16H2,1H3. The molecule has 2 aromatic carbocycles. The number of rotatable bonds is 3. The Morgan fingerprint density at radius 1 is 0.882 bits per heavy atom. The highest BCUT2D eigenvalue weighted by Gasteiger charge is 2.43. The Morgan fingerprint density at radius 2 is 1.56 bits per heavy atom. The van der Waals surface area contributed by atoms with Crippen LogP contribution in [-0.4, -0.2) is 28.1 Å². The zero-order chi connectivity index (χ0) is 23.4. The molecule has 4 nitrogen and oxygen atoms in total. The van der Waals surface area contributed by atoms with E-state index in [-0.39, 0.29) is 17.5 Å². The third-order valence-electron chi connectivity index (χ3n) is 7.62. The van der Waals surface area contributed by atoms with Crippen LogP contribution in [0, 0.1) is 0 Å². The van der Waals surface area contributed by atoms with Gasteiger partial charge >= 0.3 is 0 Å². The van der Waals surface area contributed by atoms with Crippen molar-refractivity contribution in [2.75, 3.05) is 7.05 Å². The van der Waals surface area contributed by atoms with Crippen LogP contribution in [0.1, 0.15) is 55.6 Å². The lowest BCUT2D eigenvalue weighted by molar-refractivity contribution is -0.117. The summed E-state index contributed by atoms with van der Waals surface area (Å²) in [6, 6.07) is 16.2. The lowest BCUT2D eigenvalue weighted by atomic mass is 9.71. The molecule has 2 aliphatic carbocycles. The number of para-hydroxylation sites is 1. The fraction of sp³-hybridized carbons (Fsp3) is 0.310. The number of nitrogens with zero attached hydrogens (tertiary/aromatic N) is 2. The van der Waals surface area contributed by atoms with Gasteiger partial charge in [0.15, 0.2) is 11.6 Å². The summed E-state index contributed by atoms with van der Waals surface area (Å²) in [5.74, 6) is 0.0942. The maximum Gasteiger partial charge on any atom is 0.161 e. The van der Waals surface area contributed by atoms with Gasteiger partial charge in [0.2, 0.25) is 0 Å². The molecule has 3 aromatic rings. The number of hydrogen-bond acceptors (Lipinski definition) is 3. The fourth-order valence-corrected chi connectivity index (χ4v) is 6.34. The van der Waals surface area contributed by atoms with Crippen molar-refractivity contribution < 1.29 is 9.59 Å². The number of Topliss-reactive ketones (excluding diaryl/α,β-unsaturated/α-hetero) is 2. The van der Waals surface area contributed by atoms with Crippen LogP contribution in [-0.2, 0) is 16.1 Å². The molecule has 0 bridgehead atoms. The second-order valence-electron chi connectivity index (χ2n) is 9.63. The van der Waals surface area contributed by atoms with Crippen molar-refractivity contribution in [3.8, 4) is 0 Å². The Bertz CT molecular complexity index is 1370. The zero-order valence-electron chi connectivity index (χ0n) is 19.3. The van der Waals surface area contributed by atoms with Crippen molar-refractivity contribution in [1.29, 1.82) is 0 Å². The molecule has 5 heteroatoms. The first-order valence-electron chi connectivity index (χ1n) is 12.1. The fourth-order valence-electron chi connectivity index (χ4n) is 6.13. The van der Waals surface area contributed by atoms with Gasteiger partial charge in [-0.05, 0) is 55.0 Å². The zero-order valence-corrected chi connectivity index (χ0v) is 20.1. The molecule has 3 aliphatic rings. The normalized spacial score (nSPS) is 19.2. The summed E-state index contributed by atoms with van der Waals surface area (Å²) in [5.41, 5.74) is 7.19. The Kier molecular flexibility index (Phi) is 5.22. The number of carbonyl (C=O) groups excluding carboxylic acids is 2. The average molecular weight is 471 g/mol. The van der Waals surface area contributed by atoms with Gasteiger partial charge in [0.05, 0.1) is 0 Å². The van der Waals surface area contributed by atoms with Crippen LogP contribution in [0.2, 0.25) is 5.02 Å². The molecule has 1 aliphatic heterocycles. The van der Waals surface area contributed by atoms with E-state index >= 15 is 0 Å². The van der Waals surface area contributed by atoms with Gasteiger partial charge in [-0.1, -0.05) is 41.9 Å². The van der Waals surface area contributed by atoms with Crippen LogP contribution >= 0.6 is 11.6 Å². The molecule has 0 atom stereocenters. The average Bonchev–Trinajstić information content (AvgIpc) is 3.18. The van der Waals surface area contributed by atoms with Gasteiger partial charge in [0.1, 0.15) is 0 Å². The Balaban J connectivity index is 1.57. The molecule has 2 heterocycles. The summed E-state index contributed by atoms with van der Waals surface area (Å²) in [6.07, 6.45) is 6.81. The maximum absolute atomic E-state index is 13.4. The van der Waals surface area contributed by atoms with E-state index in [0.29, 0.717) is 19.4 Å². The van der Waals surface area contributed by atoms with E-state index in [1.54, 1.807) is 0 Å². The van der Waals surface area contributed by atoms with Gasteiger partial charge in [-0.25, -0.2) is 0 Å². The second kappa shape index (κ2) is 8.28. The molecule has 0 saturated carbocycles. The van der Waals surface area contributed by atoms with E-state index in [1.807, 2.05) is 37.4 Å². The Morgan fingerprint density at radius 3 is 2.24 bits per heavy atom. The summed E-state index contributed by atoms with van der Waals surface area (Å²) in [5, 5.41) is 1.82. The number of ketones is 2. The number of halogens is 1. The number of benzene rings is 2. The van der Waals surface area contributed by atoms with Crippen LogP contribution < -0.4 is 0 Å². The highest BCUT2D eigenvalue weighted by Crippen LogP contribution is 2.50. The number of allylic oxidation sites excluding steroid dienone is 4. The minimum Gasteiger partial charge on any atom is -0.351 e. The molecule has 1 aromatic heterocycles. The molecular weight excluding hydrogens is 444 g/mol. The van der Waals surface area contributed by atoms with Gasteiger partial charge < -0.3 is 9.47 Å². The Hall–Kier alpha value is -3.11. The van der Waals surface area contributed by atoms with E-state index in [4.69, 9.17) is 11.6 Å². The van der Waals surface area contributed by atoms with Gasteiger partial charge in [0.25, 0.3) is 0 Å². The monoisotopic (exact) mass is 470 g/mol. The van der Waals surface area contributed by atoms with Crippen LogP contribution in [0.15, 0.2) is 77.3 Å². The summed E-state index contributed by atoms with van der Waals surface area (Å²) < 4.78 is 2.23. The summed E-state index contributed by atoms with van der Waals surface area (Å²) in [6.45, 7) is 0.674. The first-order chi connectivity index (χ1) is 16.5. The van der Waals surface area contributed by atoms with Gasteiger partial charge in [0, 0.05) is 77.0 Å². The smallest absolute Gasteiger partial charge is 0.161 e. The minimum absolute atomic E-state index is 0.190. The lowest BCUT2D eigenvalue weighted by Crippen LogP contribution is -2.37. The van der Waals surface area contributed by atoms with E-state index in [1.165, 1.54) is 0 Å². The van der Waals surface area contributed by atoms with Crippen LogP contribution in [0.3, 0.4) is 0 Å². The number of hydrogen-bond donors (Lipinski definition) is 0. The van der Waals surface area contributed by atoms with Crippen molar-refractivity contribution in [2.45, 2.75) is 51.0 Å². The molecule has 0 unspecified atom stereocenters. The second-order valence-corrected chi connectivity index (χ2v) is 10.1. The summed E-state index contributed by atoms with van der Waals surface area (Å²) in [4.78, 5) is 28.9. The number of fused-ring (bicyclic) bond motifs is 1. The summed E-state index contributed by atoms with van der Waals surface area (Å²) >= 11 is 6.25. The van der Waals surface area contributed by atoms with Gasteiger partial charge in [-0.3, -0.25) is 9.59 Å². The van der Waals surface area contributed by atoms with Gasteiger partial charge in [-0.2, -0.15) is 0 Å². The molecule has 34 heavy (non-hydrogen) atoms. The van der Waals surface area contributed by atoms with Crippen molar-refractivity contribution in [2.24, 2.45) is 0 Å². The SMILES string of the molecule is CN1C2=C(C(=O)CCC2)C(c2cn(Cc3cccc(Cl)c3)c3ccccc23)C2=C1CCCC2=O. The molecule has 172 valence electrons. The van der Waals surface area contributed by atoms with E-state index in [2.05, 4.69) is 33.9 Å². The van der Waals surface area contributed by atoms with Crippen molar-refractivity contribution in [3.05, 3.63) is 93.4 Å². The van der Waals surface area contributed by atoms with Crippen LogP contribution in [0.5, 0.6) is 0 Å². The third kappa shape index (κ3) is 3.35. The van der Waals surface area contributed by atoms with Crippen molar-refractivity contribution in [3.63, 3.8) is 0 Å². The topological polar surface area (TPSA) is 42.3 Å². The van der Waals surface area contributed by atoms with Crippen LogP contribution in [0.4, 0.5) is 0 Å². The molecule has 0 N–H and O–H groups in total. The number of aromatic nitrogens is 1. The molecule has 0 amide bonds. The highest BCUT2D eigenvalue weighted by molar-refractivity contribution is 6.30. The van der Waals surface area contributed by atoms with Crippen molar-refractivity contribution in [1.82, 2.24) is 9.47 Å². The van der Waals surface area contributed by atoms with E-state index in [9.17, 15) is 9.59 Å². The highest BCUT2D eigenvalue weighted by atomic mass is 35.5.